The van der Waals surface area contributed by atoms with Gasteiger partial charge in [-0.3, -0.25) is 19.6 Å². The molecule has 3 heterocycles. The lowest BCUT2D eigenvalue weighted by molar-refractivity contribution is -0.125. The quantitative estimate of drug-likeness (QED) is 0.722. The molecule has 1 aliphatic carbocycles. The van der Waals surface area contributed by atoms with Crippen molar-refractivity contribution in [1.29, 1.82) is 0 Å². The summed E-state index contributed by atoms with van der Waals surface area (Å²) in [5.74, 6) is 0.997. The summed E-state index contributed by atoms with van der Waals surface area (Å²) in [4.78, 5) is 25.0. The fourth-order valence-electron chi connectivity index (χ4n) is 4.94. The van der Waals surface area contributed by atoms with Gasteiger partial charge in [0.05, 0.1) is 18.7 Å². The van der Waals surface area contributed by atoms with Crippen molar-refractivity contribution in [2.75, 3.05) is 32.7 Å². The molecule has 0 unspecified atom stereocenters. The van der Waals surface area contributed by atoms with Crippen LogP contribution in [0.1, 0.15) is 36.8 Å². The number of allylic oxidation sites excluding steroid dienone is 3. The van der Waals surface area contributed by atoms with Crippen molar-refractivity contribution in [1.82, 2.24) is 14.7 Å². The highest BCUT2D eigenvalue weighted by molar-refractivity contribution is 6.09. The molecule has 0 saturated heterocycles. The van der Waals surface area contributed by atoms with Crippen molar-refractivity contribution in [2.24, 2.45) is 4.99 Å². The zero-order valence-corrected chi connectivity index (χ0v) is 17.8. The number of aryl methyl sites for hydroxylation is 1. The van der Waals surface area contributed by atoms with Gasteiger partial charge in [-0.2, -0.15) is 0 Å². The lowest BCUT2D eigenvalue weighted by Gasteiger charge is -2.42. The topological polar surface area (TPSA) is 39.2 Å². The van der Waals surface area contributed by atoms with Crippen molar-refractivity contribution >= 4 is 11.9 Å². The third kappa shape index (κ3) is 3.63. The third-order valence-corrected chi connectivity index (χ3v) is 6.61. The van der Waals surface area contributed by atoms with E-state index in [1.54, 1.807) is 0 Å². The van der Waals surface area contributed by atoms with E-state index < -0.39 is 0 Å². The molecule has 3 aliphatic heterocycles. The summed E-state index contributed by atoms with van der Waals surface area (Å²) in [5.41, 5.74) is 6.07. The van der Waals surface area contributed by atoms with Crippen LogP contribution in [0.25, 0.3) is 0 Å². The van der Waals surface area contributed by atoms with Crippen LogP contribution < -0.4 is 0 Å². The molecule has 0 N–H and O–H groups in total. The van der Waals surface area contributed by atoms with Gasteiger partial charge in [0.2, 0.25) is 5.96 Å². The van der Waals surface area contributed by atoms with Gasteiger partial charge in [0.25, 0.3) is 5.91 Å². The fraction of sp³-hybridized carbons (Fsp3) is 0.440. The maximum absolute atomic E-state index is 13.6. The monoisotopic (exact) mass is 402 g/mol. The lowest BCUT2D eigenvalue weighted by atomic mass is 9.99. The molecular weight excluding hydrogens is 372 g/mol. The predicted octanol–water partition coefficient (Wildman–Crippen LogP) is 3.64. The number of fused-ring (bicyclic) bond motifs is 2. The maximum atomic E-state index is 13.6. The first-order valence-corrected chi connectivity index (χ1v) is 11.2. The molecule has 0 saturated carbocycles. The van der Waals surface area contributed by atoms with E-state index in [1.165, 1.54) is 22.4 Å². The smallest absolute Gasteiger partial charge is 0.259 e. The van der Waals surface area contributed by atoms with Crippen LogP contribution in [0.4, 0.5) is 0 Å². The molecule has 0 atom stereocenters. The highest BCUT2D eigenvalue weighted by Gasteiger charge is 2.41. The summed E-state index contributed by atoms with van der Waals surface area (Å²) in [5, 5.41) is 0. The minimum absolute atomic E-state index is 0.143. The van der Waals surface area contributed by atoms with E-state index in [4.69, 9.17) is 4.99 Å². The van der Waals surface area contributed by atoms with Crippen LogP contribution in [-0.4, -0.2) is 59.3 Å². The highest BCUT2D eigenvalue weighted by atomic mass is 16.2. The van der Waals surface area contributed by atoms with Gasteiger partial charge in [-0.15, -0.1) is 0 Å². The molecule has 0 spiro atoms. The van der Waals surface area contributed by atoms with Gasteiger partial charge in [-0.25, -0.2) is 0 Å². The van der Waals surface area contributed by atoms with Crippen LogP contribution in [0, 0.1) is 6.92 Å². The first kappa shape index (κ1) is 19.3. The Hall–Kier alpha value is -2.66. The third-order valence-electron chi connectivity index (χ3n) is 6.61. The second kappa shape index (κ2) is 8.23. The molecular formula is C25H30N4O. The van der Waals surface area contributed by atoms with Gasteiger partial charge < -0.3 is 4.90 Å². The Balaban J connectivity index is 1.39. The average Bonchev–Trinajstić information content (AvgIpc) is 3.10. The summed E-state index contributed by atoms with van der Waals surface area (Å²) in [6.45, 7) is 7.08. The van der Waals surface area contributed by atoms with E-state index in [0.29, 0.717) is 6.54 Å². The number of benzene rings is 1. The summed E-state index contributed by atoms with van der Waals surface area (Å²) < 4.78 is 0. The summed E-state index contributed by atoms with van der Waals surface area (Å²) >= 11 is 0. The van der Waals surface area contributed by atoms with Crippen LogP contribution in [0.2, 0.25) is 0 Å². The van der Waals surface area contributed by atoms with Gasteiger partial charge in [0.15, 0.2) is 0 Å². The Morgan fingerprint density at radius 2 is 1.97 bits per heavy atom. The Labute approximate surface area is 179 Å². The standard InChI is InChI=1S/C25H30N4O/c1-19-8-6-7-11-21(19)17-29-24(30)22-18-27(16-20-9-4-2-3-5-10-20)14-12-23(22)28-15-13-26-25(28)29/h2,4,6-8,10-11H,3,5,9,12-18H2,1H3. The molecule has 5 rings (SSSR count). The number of hydrogen-bond donors (Lipinski definition) is 0. The number of carbonyl (C=O) groups excluding carboxylic acids is 1. The Morgan fingerprint density at radius 1 is 1.07 bits per heavy atom. The lowest BCUT2D eigenvalue weighted by Crippen LogP contribution is -2.53. The van der Waals surface area contributed by atoms with Crippen molar-refractivity contribution in [3.8, 4) is 0 Å². The number of guanidine groups is 1. The molecule has 5 nitrogen and oxygen atoms in total. The number of rotatable bonds is 4. The zero-order valence-electron chi connectivity index (χ0n) is 17.8. The van der Waals surface area contributed by atoms with Gasteiger partial charge in [0.1, 0.15) is 0 Å². The van der Waals surface area contributed by atoms with E-state index in [0.717, 1.165) is 69.9 Å². The predicted molar refractivity (Wildman–Crippen MR) is 120 cm³/mol. The van der Waals surface area contributed by atoms with Crippen LogP contribution in [0.5, 0.6) is 0 Å². The Morgan fingerprint density at radius 3 is 2.87 bits per heavy atom. The van der Waals surface area contributed by atoms with E-state index >= 15 is 0 Å². The summed E-state index contributed by atoms with van der Waals surface area (Å²) in [6.07, 6.45) is 11.2. The maximum Gasteiger partial charge on any atom is 0.259 e. The summed E-state index contributed by atoms with van der Waals surface area (Å²) in [7, 11) is 0. The molecule has 0 radical (unpaired) electrons. The molecule has 0 bridgehead atoms. The number of carbonyl (C=O) groups is 1. The first-order valence-electron chi connectivity index (χ1n) is 11.2. The molecule has 156 valence electrons. The molecule has 1 aromatic carbocycles. The van der Waals surface area contributed by atoms with Crippen LogP contribution in [0.3, 0.4) is 0 Å². The van der Waals surface area contributed by atoms with Crippen molar-refractivity contribution in [3.05, 3.63) is 70.5 Å². The highest BCUT2D eigenvalue weighted by Crippen LogP contribution is 2.32. The molecule has 1 amide bonds. The summed E-state index contributed by atoms with van der Waals surface area (Å²) in [6, 6.07) is 8.33. The van der Waals surface area contributed by atoms with Crippen LogP contribution in [0.15, 0.2) is 64.3 Å². The minimum Gasteiger partial charge on any atom is -0.314 e. The number of hydrogen-bond acceptors (Lipinski definition) is 4. The minimum atomic E-state index is 0.143. The molecule has 4 aliphatic rings. The van der Waals surface area contributed by atoms with Crippen molar-refractivity contribution in [2.45, 2.75) is 39.2 Å². The first-order chi connectivity index (χ1) is 14.7. The van der Waals surface area contributed by atoms with Crippen LogP contribution in [-0.2, 0) is 11.3 Å². The molecule has 1 aromatic rings. The number of aliphatic imine (C=N–C) groups is 1. The number of nitrogens with zero attached hydrogens (tertiary/aromatic N) is 4. The molecule has 0 aromatic heterocycles. The van der Waals surface area contributed by atoms with Gasteiger partial charge >= 0.3 is 0 Å². The van der Waals surface area contributed by atoms with Gasteiger partial charge in [-0.1, -0.05) is 48.1 Å². The van der Waals surface area contributed by atoms with E-state index in [9.17, 15) is 4.79 Å². The van der Waals surface area contributed by atoms with Crippen LogP contribution >= 0.6 is 0 Å². The Kier molecular flexibility index (Phi) is 5.30. The van der Waals surface area contributed by atoms with Gasteiger partial charge in [-0.05, 0) is 37.3 Å². The normalized spacial score (nSPS) is 22.0. The van der Waals surface area contributed by atoms with E-state index in [1.807, 2.05) is 17.0 Å². The average molecular weight is 403 g/mol. The zero-order chi connectivity index (χ0) is 20.5. The molecule has 5 heteroatoms. The van der Waals surface area contributed by atoms with Gasteiger partial charge in [0, 0.05) is 38.3 Å². The van der Waals surface area contributed by atoms with E-state index in [2.05, 4.69) is 47.1 Å². The molecule has 30 heavy (non-hydrogen) atoms. The number of amides is 1. The molecule has 0 fully saturated rings. The van der Waals surface area contributed by atoms with Crippen molar-refractivity contribution in [3.63, 3.8) is 0 Å². The van der Waals surface area contributed by atoms with E-state index in [-0.39, 0.29) is 5.91 Å². The second-order valence-electron chi connectivity index (χ2n) is 8.65. The largest absolute Gasteiger partial charge is 0.314 e. The second-order valence-corrected chi connectivity index (χ2v) is 8.65. The fourth-order valence-corrected chi connectivity index (χ4v) is 4.94. The Bertz CT molecular complexity index is 971. The SMILES string of the molecule is Cc1ccccc1CN1C(=O)C2=C(CCN(CC3=CCCC=CC3)C2)N2CCN=C12. The van der Waals surface area contributed by atoms with Crippen molar-refractivity contribution < 1.29 is 4.79 Å².